The summed E-state index contributed by atoms with van der Waals surface area (Å²) < 4.78 is 0. The van der Waals surface area contributed by atoms with Crippen LogP contribution in [0.4, 0.5) is 0 Å². The number of nitrogens with zero attached hydrogens (tertiary/aromatic N) is 1. The maximum atomic E-state index is 5.70. The molecule has 64 valence electrons. The third-order valence-corrected chi connectivity index (χ3v) is 2.53. The molecule has 0 aromatic heterocycles. The van der Waals surface area contributed by atoms with E-state index in [4.69, 9.17) is 11.6 Å². The van der Waals surface area contributed by atoms with Crippen LogP contribution in [-0.2, 0) is 0 Å². The minimum absolute atomic E-state index is 0.501. The van der Waals surface area contributed by atoms with Gasteiger partial charge < -0.3 is 0 Å². The Labute approximate surface area is 74.0 Å². The number of hydrogen-bond acceptors (Lipinski definition) is 1. The molecule has 0 saturated heterocycles. The van der Waals surface area contributed by atoms with Crippen molar-refractivity contribution in [2.75, 3.05) is 13.6 Å². The fourth-order valence-electron chi connectivity index (χ4n) is 1.57. The highest BCUT2D eigenvalue weighted by Crippen LogP contribution is 2.48. The Morgan fingerprint density at radius 1 is 1.73 bits per heavy atom. The predicted molar refractivity (Wildman–Crippen MR) is 49.8 cm³/mol. The molecule has 1 unspecified atom stereocenters. The zero-order valence-corrected chi connectivity index (χ0v) is 8.28. The third kappa shape index (κ3) is 2.21. The summed E-state index contributed by atoms with van der Waals surface area (Å²) in [5.41, 5.74) is 0.501. The molecule has 2 heteroatoms. The van der Waals surface area contributed by atoms with E-state index in [9.17, 15) is 0 Å². The molecular weight excluding hydrogens is 158 g/mol. The van der Waals surface area contributed by atoms with Crippen LogP contribution in [0.2, 0.25) is 0 Å². The normalized spacial score (nSPS) is 27.2. The minimum Gasteiger partial charge on any atom is -0.298 e. The fraction of sp³-hybridized carbons (Fsp3) is 0.778. The minimum atomic E-state index is 0.501. The first kappa shape index (κ1) is 9.08. The van der Waals surface area contributed by atoms with Crippen LogP contribution < -0.4 is 0 Å². The molecule has 0 heterocycles. The Hall–Kier alpha value is -0.0100. The molecule has 0 bridgehead atoms. The summed E-state index contributed by atoms with van der Waals surface area (Å²) >= 11 is 5.70. The lowest BCUT2D eigenvalue weighted by molar-refractivity contribution is 0.314. The summed E-state index contributed by atoms with van der Waals surface area (Å²) in [5, 5.41) is 0.732. The third-order valence-electron chi connectivity index (χ3n) is 2.41. The Morgan fingerprint density at radius 3 is 2.45 bits per heavy atom. The molecule has 0 radical (unpaired) electrons. The molecule has 0 aliphatic heterocycles. The van der Waals surface area contributed by atoms with Gasteiger partial charge in [0.1, 0.15) is 0 Å². The van der Waals surface area contributed by atoms with E-state index in [1.54, 1.807) is 0 Å². The molecule has 0 spiro atoms. The summed E-state index contributed by atoms with van der Waals surface area (Å²) in [7, 11) is 2.10. The van der Waals surface area contributed by atoms with Gasteiger partial charge in [-0.05, 0) is 18.9 Å². The summed E-state index contributed by atoms with van der Waals surface area (Å²) in [4.78, 5) is 2.27. The molecule has 1 nitrogen and oxygen atoms in total. The zero-order chi connectivity index (χ0) is 8.65. The molecule has 1 saturated carbocycles. The Balaban J connectivity index is 2.34. The summed E-state index contributed by atoms with van der Waals surface area (Å²) in [6, 6.07) is 0.706. The molecule has 1 aliphatic carbocycles. The van der Waals surface area contributed by atoms with Crippen molar-refractivity contribution in [3.63, 3.8) is 0 Å². The van der Waals surface area contributed by atoms with Crippen LogP contribution in [0, 0.1) is 5.41 Å². The fourth-order valence-corrected chi connectivity index (χ4v) is 1.76. The van der Waals surface area contributed by atoms with Gasteiger partial charge >= 0.3 is 0 Å². The van der Waals surface area contributed by atoms with Crippen LogP contribution in [0.3, 0.4) is 0 Å². The predicted octanol–water partition coefficient (Wildman–Crippen LogP) is 2.47. The van der Waals surface area contributed by atoms with Gasteiger partial charge in [0.25, 0.3) is 0 Å². The number of hydrogen-bond donors (Lipinski definition) is 0. The van der Waals surface area contributed by atoms with E-state index < -0.39 is 0 Å². The molecule has 1 fully saturated rings. The van der Waals surface area contributed by atoms with E-state index in [0.717, 1.165) is 11.6 Å². The van der Waals surface area contributed by atoms with Gasteiger partial charge in [-0.1, -0.05) is 32.0 Å². The second-order valence-corrected chi connectivity index (χ2v) is 4.68. The molecule has 11 heavy (non-hydrogen) atoms. The average molecular weight is 174 g/mol. The molecule has 0 amide bonds. The number of likely N-dealkylation sites (N-methyl/N-ethyl adjacent to an activating group) is 1. The van der Waals surface area contributed by atoms with Crippen molar-refractivity contribution in [3.05, 3.63) is 11.6 Å². The van der Waals surface area contributed by atoms with E-state index >= 15 is 0 Å². The van der Waals surface area contributed by atoms with E-state index in [2.05, 4.69) is 32.4 Å². The van der Waals surface area contributed by atoms with Crippen molar-refractivity contribution in [1.29, 1.82) is 0 Å². The molecule has 0 N–H and O–H groups in total. The maximum absolute atomic E-state index is 5.70. The van der Waals surface area contributed by atoms with Crippen molar-refractivity contribution in [3.8, 4) is 0 Å². The smallest absolute Gasteiger partial charge is 0.0335 e. The number of rotatable bonds is 3. The van der Waals surface area contributed by atoms with E-state index in [0.29, 0.717) is 11.5 Å². The average Bonchev–Trinajstić information content (AvgIpc) is 2.38. The summed E-state index contributed by atoms with van der Waals surface area (Å²) in [6.45, 7) is 9.06. The monoisotopic (exact) mass is 173 g/mol. The quantitative estimate of drug-likeness (QED) is 0.634. The van der Waals surface area contributed by atoms with Crippen LogP contribution in [0.15, 0.2) is 11.6 Å². The van der Waals surface area contributed by atoms with Crippen molar-refractivity contribution in [1.82, 2.24) is 4.90 Å². The van der Waals surface area contributed by atoms with E-state index in [-0.39, 0.29) is 0 Å². The first-order valence-electron chi connectivity index (χ1n) is 3.97. The lowest BCUT2D eigenvalue weighted by Gasteiger charge is -2.17. The highest BCUT2D eigenvalue weighted by atomic mass is 35.5. The summed E-state index contributed by atoms with van der Waals surface area (Å²) in [5.74, 6) is 0. The van der Waals surface area contributed by atoms with Gasteiger partial charge in [0, 0.05) is 17.6 Å². The van der Waals surface area contributed by atoms with Crippen LogP contribution >= 0.6 is 11.6 Å². The second kappa shape index (κ2) is 2.80. The van der Waals surface area contributed by atoms with Gasteiger partial charge in [0.2, 0.25) is 0 Å². The van der Waals surface area contributed by atoms with Gasteiger partial charge in [0.15, 0.2) is 0 Å². The highest BCUT2D eigenvalue weighted by Gasteiger charge is 2.47. The van der Waals surface area contributed by atoms with Gasteiger partial charge in [0.05, 0.1) is 0 Å². The van der Waals surface area contributed by atoms with Crippen molar-refractivity contribution >= 4 is 11.6 Å². The molecular formula is C9H16ClN. The topological polar surface area (TPSA) is 3.24 Å². The van der Waals surface area contributed by atoms with Crippen LogP contribution in [0.1, 0.15) is 20.3 Å². The van der Waals surface area contributed by atoms with Gasteiger partial charge in [-0.2, -0.15) is 0 Å². The molecule has 1 rings (SSSR count). The molecule has 1 aliphatic rings. The Bertz CT molecular complexity index is 174. The lowest BCUT2D eigenvalue weighted by Crippen LogP contribution is -2.25. The van der Waals surface area contributed by atoms with E-state index in [1.165, 1.54) is 6.42 Å². The highest BCUT2D eigenvalue weighted by molar-refractivity contribution is 6.29. The molecule has 0 aromatic rings. The lowest BCUT2D eigenvalue weighted by atomic mass is 10.2. The van der Waals surface area contributed by atoms with Gasteiger partial charge in [-0.25, -0.2) is 0 Å². The van der Waals surface area contributed by atoms with Crippen molar-refractivity contribution < 1.29 is 0 Å². The summed E-state index contributed by atoms with van der Waals surface area (Å²) in [6.07, 6.45) is 1.29. The zero-order valence-electron chi connectivity index (χ0n) is 7.52. The molecule has 1 atom stereocenters. The number of halogens is 1. The molecule has 0 aromatic carbocycles. The first-order chi connectivity index (χ1) is 4.93. The first-order valence-corrected chi connectivity index (χ1v) is 4.35. The SMILES string of the molecule is C=C(Cl)CN(C)C1CC1(C)C. The largest absolute Gasteiger partial charge is 0.298 e. The van der Waals surface area contributed by atoms with Crippen molar-refractivity contribution in [2.24, 2.45) is 5.41 Å². The van der Waals surface area contributed by atoms with Crippen molar-refractivity contribution in [2.45, 2.75) is 26.3 Å². The van der Waals surface area contributed by atoms with E-state index in [1.807, 2.05) is 0 Å². The maximum Gasteiger partial charge on any atom is 0.0335 e. The van der Waals surface area contributed by atoms with Crippen LogP contribution in [0.5, 0.6) is 0 Å². The van der Waals surface area contributed by atoms with Crippen LogP contribution in [-0.4, -0.2) is 24.5 Å². The standard InChI is InChI=1S/C9H16ClN/c1-7(10)6-11(4)8-5-9(8,2)3/h8H,1,5-6H2,2-4H3. The Kier molecular flexibility index (Phi) is 2.31. The van der Waals surface area contributed by atoms with Gasteiger partial charge in [-0.3, -0.25) is 4.90 Å². The van der Waals surface area contributed by atoms with Gasteiger partial charge in [-0.15, -0.1) is 0 Å². The Morgan fingerprint density at radius 2 is 2.18 bits per heavy atom. The van der Waals surface area contributed by atoms with Crippen LogP contribution in [0.25, 0.3) is 0 Å². The second-order valence-electron chi connectivity index (χ2n) is 4.14.